The molecule has 1 aliphatic heterocycles. The number of hydrogen-bond donors (Lipinski definition) is 1. The van der Waals surface area contributed by atoms with Gasteiger partial charge in [-0.25, -0.2) is 13.2 Å². The van der Waals surface area contributed by atoms with Crippen molar-refractivity contribution in [1.82, 2.24) is 0 Å². The van der Waals surface area contributed by atoms with Crippen molar-refractivity contribution in [3.8, 4) is 11.1 Å². The zero-order valence-electron chi connectivity index (χ0n) is 19.4. The molecule has 3 aliphatic rings. The first-order valence-corrected chi connectivity index (χ1v) is 14.2. The Labute approximate surface area is 205 Å². The molecule has 2 aliphatic carbocycles. The van der Waals surface area contributed by atoms with Crippen molar-refractivity contribution >= 4 is 33.0 Å². The summed E-state index contributed by atoms with van der Waals surface area (Å²) in [6, 6.07) is 10.9. The van der Waals surface area contributed by atoms with E-state index in [0.717, 1.165) is 29.5 Å². The molecule has 0 saturated heterocycles. The van der Waals surface area contributed by atoms with Gasteiger partial charge in [-0.2, -0.15) is 0 Å². The van der Waals surface area contributed by atoms with Crippen LogP contribution in [0.5, 0.6) is 0 Å². The van der Waals surface area contributed by atoms with Gasteiger partial charge in [-0.15, -0.1) is 0 Å². The van der Waals surface area contributed by atoms with Crippen LogP contribution in [0.25, 0.3) is 16.7 Å². The van der Waals surface area contributed by atoms with Crippen LogP contribution in [0.2, 0.25) is 5.02 Å². The molecule has 0 bridgehead atoms. The molecule has 7 heteroatoms. The van der Waals surface area contributed by atoms with Gasteiger partial charge in [-0.1, -0.05) is 55.1 Å². The van der Waals surface area contributed by atoms with Crippen LogP contribution in [0.1, 0.15) is 55.2 Å². The SMILES string of the molecule is Cc1cc(-c2cccc(CS(C)(=O)=O)c2)c(Cl)cc1C1=C(O)C2(CCC3CCCC3C2)OC1=O. The predicted molar refractivity (Wildman–Crippen MR) is 133 cm³/mol. The van der Waals surface area contributed by atoms with Gasteiger partial charge in [-0.05, 0) is 72.4 Å². The van der Waals surface area contributed by atoms with Gasteiger partial charge in [0.2, 0.25) is 0 Å². The Bertz CT molecular complexity index is 1310. The molecule has 0 amide bonds. The summed E-state index contributed by atoms with van der Waals surface area (Å²) in [6.45, 7) is 1.88. The lowest BCUT2D eigenvalue weighted by molar-refractivity contribution is -0.152. The molecule has 0 aromatic heterocycles. The third-order valence-electron chi connectivity index (χ3n) is 7.74. The second-order valence-corrected chi connectivity index (χ2v) is 12.8. The van der Waals surface area contributed by atoms with E-state index < -0.39 is 21.4 Å². The van der Waals surface area contributed by atoms with E-state index in [2.05, 4.69) is 0 Å². The van der Waals surface area contributed by atoms with E-state index in [9.17, 15) is 18.3 Å². The number of sulfone groups is 1. The number of carbonyl (C=O) groups excluding carboxylic acids is 1. The average Bonchev–Trinajstić information content (AvgIpc) is 3.31. The number of rotatable bonds is 4. The van der Waals surface area contributed by atoms with Crippen LogP contribution in [0, 0.1) is 18.8 Å². The van der Waals surface area contributed by atoms with Crippen LogP contribution in [0.4, 0.5) is 0 Å². The number of halogens is 1. The summed E-state index contributed by atoms with van der Waals surface area (Å²) >= 11 is 6.67. The van der Waals surface area contributed by atoms with Crippen molar-refractivity contribution in [2.75, 3.05) is 6.26 Å². The standard InChI is InChI=1S/C27H29ClO5S/c1-16-11-22(19-7-3-5-17(12-19)15-34(2,31)32)23(28)13-21(16)24-25(29)27(33-26(24)30)10-9-18-6-4-8-20(18)14-27/h3,5,7,11-13,18,20,29H,4,6,8-10,14-15H2,1-2H3. The van der Waals surface area contributed by atoms with E-state index in [0.29, 0.717) is 40.8 Å². The van der Waals surface area contributed by atoms with Gasteiger partial charge in [0.25, 0.3) is 0 Å². The topological polar surface area (TPSA) is 80.7 Å². The molecule has 34 heavy (non-hydrogen) atoms. The van der Waals surface area contributed by atoms with Crippen LogP contribution in [0.15, 0.2) is 42.2 Å². The van der Waals surface area contributed by atoms with Crippen LogP contribution in [-0.4, -0.2) is 31.4 Å². The highest BCUT2D eigenvalue weighted by atomic mass is 35.5. The van der Waals surface area contributed by atoms with Gasteiger partial charge >= 0.3 is 5.97 Å². The summed E-state index contributed by atoms with van der Waals surface area (Å²) in [5, 5.41) is 11.7. The van der Waals surface area contributed by atoms with Gasteiger partial charge in [0, 0.05) is 16.8 Å². The summed E-state index contributed by atoms with van der Waals surface area (Å²) in [5.41, 5.74) is 2.90. The average molecular weight is 501 g/mol. The Hall–Kier alpha value is -2.31. The summed E-state index contributed by atoms with van der Waals surface area (Å²) in [4.78, 5) is 13.0. The third-order valence-corrected chi connectivity index (χ3v) is 8.91. The van der Waals surface area contributed by atoms with Crippen molar-refractivity contribution in [2.45, 2.75) is 56.8 Å². The van der Waals surface area contributed by atoms with Crippen molar-refractivity contribution in [3.05, 3.63) is 63.9 Å². The number of esters is 1. The second kappa shape index (κ2) is 8.42. The maximum atomic E-state index is 13.0. The van der Waals surface area contributed by atoms with Gasteiger partial charge in [0.1, 0.15) is 5.57 Å². The largest absolute Gasteiger partial charge is 0.507 e. The molecule has 3 unspecified atom stereocenters. The fourth-order valence-corrected chi connectivity index (χ4v) is 7.21. The number of ether oxygens (including phenoxy) is 1. The molecule has 1 heterocycles. The zero-order valence-corrected chi connectivity index (χ0v) is 21.0. The molecule has 5 rings (SSSR count). The van der Waals surface area contributed by atoms with Crippen molar-refractivity contribution in [1.29, 1.82) is 0 Å². The van der Waals surface area contributed by atoms with Crippen molar-refractivity contribution in [2.24, 2.45) is 11.8 Å². The van der Waals surface area contributed by atoms with Crippen molar-refractivity contribution in [3.63, 3.8) is 0 Å². The summed E-state index contributed by atoms with van der Waals surface area (Å²) in [6.07, 6.45) is 7.09. The minimum atomic E-state index is -3.16. The molecular formula is C27H29ClO5S. The smallest absolute Gasteiger partial charge is 0.343 e. The van der Waals surface area contributed by atoms with E-state index in [1.807, 2.05) is 25.1 Å². The highest BCUT2D eigenvalue weighted by molar-refractivity contribution is 7.89. The Morgan fingerprint density at radius 1 is 1.12 bits per heavy atom. The first-order valence-electron chi connectivity index (χ1n) is 11.8. The highest BCUT2D eigenvalue weighted by Crippen LogP contribution is 2.53. The Morgan fingerprint density at radius 2 is 1.88 bits per heavy atom. The number of carbonyl (C=O) groups is 1. The van der Waals surface area contributed by atoms with E-state index >= 15 is 0 Å². The van der Waals surface area contributed by atoms with E-state index in [1.54, 1.807) is 18.2 Å². The molecule has 180 valence electrons. The number of aryl methyl sites for hydroxylation is 1. The zero-order chi connectivity index (χ0) is 24.3. The summed E-state index contributed by atoms with van der Waals surface area (Å²) < 4.78 is 29.3. The first-order chi connectivity index (χ1) is 16.1. The fraction of sp³-hybridized carbons (Fsp3) is 0.444. The lowest BCUT2D eigenvalue weighted by atomic mass is 9.72. The second-order valence-electron chi connectivity index (χ2n) is 10.2. The molecule has 3 atom stereocenters. The summed E-state index contributed by atoms with van der Waals surface area (Å²) in [7, 11) is -3.16. The van der Waals surface area contributed by atoms with Gasteiger partial charge in [0.15, 0.2) is 21.2 Å². The molecular weight excluding hydrogens is 472 g/mol. The molecule has 1 spiro atoms. The van der Waals surface area contributed by atoms with Crippen LogP contribution >= 0.6 is 11.6 Å². The maximum Gasteiger partial charge on any atom is 0.343 e. The minimum absolute atomic E-state index is 0.0462. The quantitative estimate of drug-likeness (QED) is 0.519. The number of hydrogen-bond acceptors (Lipinski definition) is 5. The lowest BCUT2D eigenvalue weighted by Crippen LogP contribution is -2.40. The molecule has 2 fully saturated rings. The summed E-state index contributed by atoms with van der Waals surface area (Å²) in [5.74, 6) is 0.678. The third kappa shape index (κ3) is 4.16. The van der Waals surface area contributed by atoms with Gasteiger partial charge in [-0.3, -0.25) is 0 Å². The van der Waals surface area contributed by atoms with Crippen LogP contribution in [0.3, 0.4) is 0 Å². The number of aliphatic hydroxyl groups is 1. The van der Waals surface area contributed by atoms with E-state index in [4.69, 9.17) is 16.3 Å². The first kappa shape index (κ1) is 23.4. The highest BCUT2D eigenvalue weighted by Gasteiger charge is 2.53. The molecule has 1 N–H and O–H groups in total. The molecule has 0 radical (unpaired) electrons. The number of benzene rings is 2. The fourth-order valence-electron chi connectivity index (χ4n) is 6.16. The monoisotopic (exact) mass is 500 g/mol. The Kier molecular flexibility index (Phi) is 5.80. The van der Waals surface area contributed by atoms with E-state index in [-0.39, 0.29) is 17.1 Å². The van der Waals surface area contributed by atoms with Crippen LogP contribution in [-0.2, 0) is 25.1 Å². The van der Waals surface area contributed by atoms with E-state index in [1.165, 1.54) is 19.1 Å². The normalized spacial score (nSPS) is 26.7. The Balaban J connectivity index is 1.51. The number of aliphatic hydroxyl groups excluding tert-OH is 1. The maximum absolute atomic E-state index is 13.0. The molecule has 2 aromatic rings. The van der Waals surface area contributed by atoms with Crippen LogP contribution < -0.4 is 0 Å². The predicted octanol–water partition coefficient (Wildman–Crippen LogP) is 6.02. The Morgan fingerprint density at radius 3 is 2.65 bits per heavy atom. The van der Waals surface area contributed by atoms with Gasteiger partial charge in [0.05, 0.1) is 5.75 Å². The lowest BCUT2D eigenvalue weighted by Gasteiger charge is -2.38. The molecule has 5 nitrogen and oxygen atoms in total. The molecule has 2 aromatic carbocycles. The van der Waals surface area contributed by atoms with Gasteiger partial charge < -0.3 is 9.84 Å². The van der Waals surface area contributed by atoms with Crippen molar-refractivity contribution < 1.29 is 23.1 Å². The molecule has 2 saturated carbocycles. The number of fused-ring (bicyclic) bond motifs is 1. The minimum Gasteiger partial charge on any atom is -0.507 e.